The molecule has 0 aliphatic rings. The van der Waals surface area contributed by atoms with E-state index < -0.39 is 0 Å². The quantitative estimate of drug-likeness (QED) is 0.779. The van der Waals surface area contributed by atoms with Gasteiger partial charge in [0.1, 0.15) is 0 Å². The van der Waals surface area contributed by atoms with E-state index in [9.17, 15) is 0 Å². The number of rotatable bonds is 6. The summed E-state index contributed by atoms with van der Waals surface area (Å²) in [4.78, 5) is 4.13. The van der Waals surface area contributed by atoms with Crippen LogP contribution in [-0.4, -0.2) is 35.0 Å². The SMILES string of the molecule is COCCNCc1cn(C)nc1-c1cccnc1. The number of aromatic nitrogens is 3. The van der Waals surface area contributed by atoms with Gasteiger partial charge in [-0.15, -0.1) is 0 Å². The maximum atomic E-state index is 5.01. The molecule has 0 bridgehead atoms. The number of hydrogen-bond acceptors (Lipinski definition) is 4. The van der Waals surface area contributed by atoms with E-state index in [1.165, 1.54) is 5.56 Å². The van der Waals surface area contributed by atoms with Gasteiger partial charge in [0, 0.05) is 57.0 Å². The van der Waals surface area contributed by atoms with Gasteiger partial charge in [0.25, 0.3) is 0 Å². The monoisotopic (exact) mass is 246 g/mol. The summed E-state index contributed by atoms with van der Waals surface area (Å²) < 4.78 is 6.84. The molecule has 0 saturated heterocycles. The predicted octanol–water partition coefficient (Wildman–Crippen LogP) is 1.22. The van der Waals surface area contributed by atoms with Crippen molar-refractivity contribution in [3.63, 3.8) is 0 Å². The molecule has 2 heterocycles. The summed E-state index contributed by atoms with van der Waals surface area (Å²) in [5, 5.41) is 7.81. The zero-order valence-corrected chi connectivity index (χ0v) is 10.8. The minimum absolute atomic E-state index is 0.711. The molecule has 5 nitrogen and oxygen atoms in total. The first kappa shape index (κ1) is 12.7. The van der Waals surface area contributed by atoms with E-state index in [1.54, 1.807) is 13.3 Å². The molecule has 0 radical (unpaired) electrons. The maximum Gasteiger partial charge on any atom is 0.0983 e. The van der Waals surface area contributed by atoms with Crippen molar-refractivity contribution in [3.05, 3.63) is 36.3 Å². The van der Waals surface area contributed by atoms with Gasteiger partial charge in [-0.2, -0.15) is 5.10 Å². The summed E-state index contributed by atoms with van der Waals surface area (Å²) in [5.41, 5.74) is 3.19. The fourth-order valence-corrected chi connectivity index (χ4v) is 1.81. The number of aryl methyl sites for hydroxylation is 1. The highest BCUT2D eigenvalue weighted by Crippen LogP contribution is 2.20. The largest absolute Gasteiger partial charge is 0.383 e. The van der Waals surface area contributed by atoms with Gasteiger partial charge in [-0.25, -0.2) is 0 Å². The Morgan fingerprint density at radius 1 is 1.44 bits per heavy atom. The Morgan fingerprint density at radius 3 is 3.06 bits per heavy atom. The van der Waals surface area contributed by atoms with Gasteiger partial charge in [0.05, 0.1) is 12.3 Å². The molecule has 2 aromatic rings. The van der Waals surface area contributed by atoms with Gasteiger partial charge in [-0.05, 0) is 12.1 Å². The number of pyridine rings is 1. The van der Waals surface area contributed by atoms with Crippen molar-refractivity contribution < 1.29 is 4.74 Å². The minimum Gasteiger partial charge on any atom is -0.383 e. The second kappa shape index (κ2) is 6.28. The Bertz CT molecular complexity index is 481. The molecule has 0 unspecified atom stereocenters. The molecule has 0 saturated carbocycles. The van der Waals surface area contributed by atoms with Gasteiger partial charge < -0.3 is 10.1 Å². The lowest BCUT2D eigenvalue weighted by molar-refractivity contribution is 0.199. The second-order valence-electron chi connectivity index (χ2n) is 4.09. The molecule has 5 heteroatoms. The van der Waals surface area contributed by atoms with Crippen LogP contribution in [-0.2, 0) is 18.3 Å². The van der Waals surface area contributed by atoms with Gasteiger partial charge in [0.2, 0.25) is 0 Å². The summed E-state index contributed by atoms with van der Waals surface area (Å²) in [6.45, 7) is 2.32. The summed E-state index contributed by atoms with van der Waals surface area (Å²) in [6.07, 6.45) is 5.63. The molecule has 0 spiro atoms. The Morgan fingerprint density at radius 2 is 2.33 bits per heavy atom. The van der Waals surface area contributed by atoms with Crippen LogP contribution in [0.15, 0.2) is 30.7 Å². The molecule has 0 aliphatic heterocycles. The Kier molecular flexibility index (Phi) is 4.44. The van der Waals surface area contributed by atoms with E-state index in [2.05, 4.69) is 15.4 Å². The molecule has 2 aromatic heterocycles. The highest BCUT2D eigenvalue weighted by molar-refractivity contribution is 5.61. The van der Waals surface area contributed by atoms with E-state index in [-0.39, 0.29) is 0 Å². The molecular formula is C13H18N4O. The molecular weight excluding hydrogens is 228 g/mol. The highest BCUT2D eigenvalue weighted by Gasteiger charge is 2.09. The fraction of sp³-hybridized carbons (Fsp3) is 0.385. The van der Waals surface area contributed by atoms with Crippen LogP contribution in [0, 0.1) is 0 Å². The summed E-state index contributed by atoms with van der Waals surface area (Å²) in [7, 11) is 3.63. The van der Waals surface area contributed by atoms with Crippen LogP contribution < -0.4 is 5.32 Å². The molecule has 1 N–H and O–H groups in total. The molecule has 0 aliphatic carbocycles. The van der Waals surface area contributed by atoms with Gasteiger partial charge >= 0.3 is 0 Å². The van der Waals surface area contributed by atoms with E-state index in [0.717, 1.165) is 24.3 Å². The number of nitrogens with zero attached hydrogens (tertiary/aromatic N) is 3. The van der Waals surface area contributed by atoms with Crippen molar-refractivity contribution >= 4 is 0 Å². The Labute approximate surface area is 107 Å². The lowest BCUT2D eigenvalue weighted by Crippen LogP contribution is -2.18. The van der Waals surface area contributed by atoms with Crippen LogP contribution in [0.5, 0.6) is 0 Å². The van der Waals surface area contributed by atoms with E-state index in [4.69, 9.17) is 4.74 Å². The van der Waals surface area contributed by atoms with Gasteiger partial charge in [0.15, 0.2) is 0 Å². The van der Waals surface area contributed by atoms with E-state index >= 15 is 0 Å². The third kappa shape index (κ3) is 3.15. The standard InChI is InChI=1S/C13H18N4O/c1-17-10-12(9-15-6-7-18-2)13(16-17)11-4-3-5-14-8-11/h3-5,8,10,15H,6-7,9H2,1-2H3. The molecule has 18 heavy (non-hydrogen) atoms. The number of ether oxygens (including phenoxy) is 1. The van der Waals surface area contributed by atoms with Crippen molar-refractivity contribution in [3.8, 4) is 11.3 Å². The molecule has 96 valence electrons. The van der Waals surface area contributed by atoms with E-state index in [1.807, 2.05) is 36.3 Å². The maximum absolute atomic E-state index is 5.01. The average molecular weight is 246 g/mol. The van der Waals surface area contributed by atoms with Crippen LogP contribution in [0.3, 0.4) is 0 Å². The van der Waals surface area contributed by atoms with Crippen LogP contribution in [0.1, 0.15) is 5.56 Å². The highest BCUT2D eigenvalue weighted by atomic mass is 16.5. The van der Waals surface area contributed by atoms with Crippen molar-refractivity contribution in [2.45, 2.75) is 6.54 Å². The van der Waals surface area contributed by atoms with E-state index in [0.29, 0.717) is 6.61 Å². The van der Waals surface area contributed by atoms with Crippen molar-refractivity contribution in [1.29, 1.82) is 0 Å². The molecule has 2 rings (SSSR count). The average Bonchev–Trinajstić information content (AvgIpc) is 2.77. The third-order valence-electron chi connectivity index (χ3n) is 2.64. The number of nitrogens with one attached hydrogen (secondary N) is 1. The Hall–Kier alpha value is -1.72. The lowest BCUT2D eigenvalue weighted by atomic mass is 10.1. The first-order valence-electron chi connectivity index (χ1n) is 5.94. The molecule has 0 aromatic carbocycles. The summed E-state index contributed by atoms with van der Waals surface area (Å²) in [5.74, 6) is 0. The zero-order chi connectivity index (χ0) is 12.8. The minimum atomic E-state index is 0.711. The molecule has 0 atom stereocenters. The normalized spacial score (nSPS) is 10.8. The topological polar surface area (TPSA) is 52.0 Å². The summed E-state index contributed by atoms with van der Waals surface area (Å²) >= 11 is 0. The third-order valence-corrected chi connectivity index (χ3v) is 2.64. The lowest BCUT2D eigenvalue weighted by Gasteiger charge is -2.04. The number of methoxy groups -OCH3 is 1. The van der Waals surface area contributed by atoms with Gasteiger partial charge in [-0.3, -0.25) is 9.67 Å². The van der Waals surface area contributed by atoms with Crippen molar-refractivity contribution in [2.24, 2.45) is 7.05 Å². The van der Waals surface area contributed by atoms with Crippen LogP contribution in [0.25, 0.3) is 11.3 Å². The van der Waals surface area contributed by atoms with Crippen molar-refractivity contribution in [2.75, 3.05) is 20.3 Å². The smallest absolute Gasteiger partial charge is 0.0983 e. The van der Waals surface area contributed by atoms with Crippen LogP contribution in [0.4, 0.5) is 0 Å². The predicted molar refractivity (Wildman–Crippen MR) is 70.0 cm³/mol. The summed E-state index contributed by atoms with van der Waals surface area (Å²) in [6, 6.07) is 3.94. The second-order valence-corrected chi connectivity index (χ2v) is 4.09. The first-order chi connectivity index (χ1) is 8.81. The first-order valence-corrected chi connectivity index (χ1v) is 5.94. The van der Waals surface area contributed by atoms with Crippen LogP contribution >= 0.6 is 0 Å². The van der Waals surface area contributed by atoms with Crippen LogP contribution in [0.2, 0.25) is 0 Å². The zero-order valence-electron chi connectivity index (χ0n) is 10.8. The fourth-order valence-electron chi connectivity index (χ4n) is 1.81. The molecule has 0 amide bonds. The molecule has 0 fully saturated rings. The Balaban J connectivity index is 2.11. The van der Waals surface area contributed by atoms with Crippen molar-refractivity contribution in [1.82, 2.24) is 20.1 Å². The number of hydrogen-bond donors (Lipinski definition) is 1. The van der Waals surface area contributed by atoms with Gasteiger partial charge in [-0.1, -0.05) is 0 Å².